The van der Waals surface area contributed by atoms with Crippen LogP contribution in [0.15, 0.2) is 47.2 Å². The van der Waals surface area contributed by atoms with Crippen molar-refractivity contribution in [3.8, 4) is 11.5 Å². The number of likely N-dealkylation sites (N-methyl/N-ethyl adjacent to an activating group) is 1. The third-order valence-electron chi connectivity index (χ3n) is 4.39. The van der Waals surface area contributed by atoms with Gasteiger partial charge in [-0.1, -0.05) is 23.4 Å². The van der Waals surface area contributed by atoms with Gasteiger partial charge in [-0.2, -0.15) is 10.1 Å². The normalized spacial score (nSPS) is 18.8. The van der Waals surface area contributed by atoms with Gasteiger partial charge in [0.25, 0.3) is 5.89 Å². The average molecular weight is 324 g/mol. The van der Waals surface area contributed by atoms with Gasteiger partial charge in [-0.15, -0.1) is 0 Å². The van der Waals surface area contributed by atoms with Gasteiger partial charge in [0.05, 0.1) is 12.6 Å². The van der Waals surface area contributed by atoms with Gasteiger partial charge in [-0.05, 0) is 24.7 Å². The second kappa shape index (κ2) is 6.54. The molecular formula is C17H20N6O. The van der Waals surface area contributed by atoms with Crippen LogP contribution in [0, 0.1) is 0 Å². The van der Waals surface area contributed by atoms with Crippen LogP contribution in [-0.2, 0) is 6.54 Å². The van der Waals surface area contributed by atoms with Gasteiger partial charge >= 0.3 is 0 Å². The molecule has 0 radical (unpaired) electrons. The molecule has 1 aliphatic heterocycles. The molecular weight excluding hydrogens is 304 g/mol. The molecule has 0 amide bonds. The standard InChI is InChI=1S/C17H20N6O/c1-22-10-8-18-11-15(22)16-20-17(24-21-16)14-6-3-2-5-13(14)12-23-9-4-7-19-23/h2-7,9,15,18H,8,10-12H2,1H3. The molecule has 1 fully saturated rings. The van der Waals surface area contributed by atoms with Crippen LogP contribution in [0.2, 0.25) is 0 Å². The quantitative estimate of drug-likeness (QED) is 0.785. The second-order valence-electron chi connectivity index (χ2n) is 6.02. The zero-order valence-electron chi connectivity index (χ0n) is 13.6. The number of hydrogen-bond acceptors (Lipinski definition) is 6. The largest absolute Gasteiger partial charge is 0.334 e. The molecule has 4 rings (SSSR count). The first kappa shape index (κ1) is 15.0. The fourth-order valence-corrected chi connectivity index (χ4v) is 3.01. The summed E-state index contributed by atoms with van der Waals surface area (Å²) in [6, 6.07) is 10.1. The fourth-order valence-electron chi connectivity index (χ4n) is 3.01. The van der Waals surface area contributed by atoms with Crippen LogP contribution in [0.4, 0.5) is 0 Å². The van der Waals surface area contributed by atoms with Crippen LogP contribution in [-0.4, -0.2) is 51.5 Å². The summed E-state index contributed by atoms with van der Waals surface area (Å²) in [6.07, 6.45) is 3.72. The lowest BCUT2D eigenvalue weighted by molar-refractivity contribution is 0.190. The van der Waals surface area contributed by atoms with Crippen molar-refractivity contribution in [1.82, 2.24) is 30.1 Å². The lowest BCUT2D eigenvalue weighted by atomic mass is 10.1. The Morgan fingerprint density at radius 3 is 3.04 bits per heavy atom. The maximum atomic E-state index is 5.57. The lowest BCUT2D eigenvalue weighted by Gasteiger charge is -2.30. The molecule has 1 atom stereocenters. The van der Waals surface area contributed by atoms with E-state index in [9.17, 15) is 0 Å². The van der Waals surface area contributed by atoms with Crippen LogP contribution in [0.1, 0.15) is 17.4 Å². The number of nitrogens with zero attached hydrogens (tertiary/aromatic N) is 5. The van der Waals surface area contributed by atoms with Gasteiger partial charge in [-0.3, -0.25) is 9.58 Å². The van der Waals surface area contributed by atoms with Gasteiger partial charge in [0.1, 0.15) is 0 Å². The molecule has 0 bridgehead atoms. The third kappa shape index (κ3) is 2.95. The first-order valence-electron chi connectivity index (χ1n) is 8.11. The van der Waals surface area contributed by atoms with Crippen molar-refractivity contribution < 1.29 is 4.52 Å². The molecule has 124 valence electrons. The minimum Gasteiger partial charge on any atom is -0.334 e. The average Bonchev–Trinajstić information content (AvgIpc) is 3.28. The van der Waals surface area contributed by atoms with Crippen LogP contribution in [0.3, 0.4) is 0 Å². The highest BCUT2D eigenvalue weighted by molar-refractivity contribution is 5.58. The summed E-state index contributed by atoms with van der Waals surface area (Å²) in [4.78, 5) is 6.91. The van der Waals surface area contributed by atoms with E-state index in [0.29, 0.717) is 12.4 Å². The minimum absolute atomic E-state index is 0.148. The smallest absolute Gasteiger partial charge is 0.258 e. The van der Waals surface area contributed by atoms with Crippen LogP contribution < -0.4 is 5.32 Å². The Morgan fingerprint density at radius 2 is 2.21 bits per heavy atom. The molecule has 1 aliphatic rings. The molecule has 3 heterocycles. The molecule has 24 heavy (non-hydrogen) atoms. The summed E-state index contributed by atoms with van der Waals surface area (Å²) in [5, 5.41) is 11.9. The SMILES string of the molecule is CN1CCNCC1c1noc(-c2ccccc2Cn2cccn2)n1. The predicted octanol–water partition coefficient (Wildman–Crippen LogP) is 1.56. The van der Waals surface area contributed by atoms with Gasteiger partial charge in [0, 0.05) is 37.6 Å². The number of benzene rings is 1. The molecule has 0 aliphatic carbocycles. The molecule has 7 nitrogen and oxygen atoms in total. The van der Waals surface area contributed by atoms with Crippen LogP contribution in [0.5, 0.6) is 0 Å². The Bertz CT molecular complexity index is 797. The minimum atomic E-state index is 0.148. The van der Waals surface area contributed by atoms with Crippen molar-refractivity contribution in [2.24, 2.45) is 0 Å². The molecule has 2 aromatic heterocycles. The summed E-state index contributed by atoms with van der Waals surface area (Å²) in [5.74, 6) is 1.29. The van der Waals surface area contributed by atoms with Crippen LogP contribution in [0.25, 0.3) is 11.5 Å². The molecule has 7 heteroatoms. The Kier molecular flexibility index (Phi) is 4.10. The fraction of sp³-hybridized carbons (Fsp3) is 0.353. The van der Waals surface area contributed by atoms with E-state index in [4.69, 9.17) is 4.52 Å². The zero-order valence-corrected chi connectivity index (χ0v) is 13.6. The Morgan fingerprint density at radius 1 is 1.29 bits per heavy atom. The first-order chi connectivity index (χ1) is 11.8. The maximum Gasteiger partial charge on any atom is 0.258 e. The van der Waals surface area contributed by atoms with E-state index in [1.165, 1.54) is 0 Å². The molecule has 0 saturated carbocycles. The molecule has 1 N–H and O–H groups in total. The number of hydrogen-bond donors (Lipinski definition) is 1. The van der Waals surface area contributed by atoms with Crippen molar-refractivity contribution in [2.75, 3.05) is 26.7 Å². The Hall–Kier alpha value is -2.51. The van der Waals surface area contributed by atoms with Gasteiger partial charge in [0.2, 0.25) is 0 Å². The topological polar surface area (TPSA) is 72.0 Å². The van der Waals surface area contributed by atoms with E-state index in [0.717, 1.165) is 36.6 Å². The van der Waals surface area contributed by atoms with Crippen LogP contribution >= 0.6 is 0 Å². The summed E-state index contributed by atoms with van der Waals surface area (Å²) in [5.41, 5.74) is 2.06. The number of aromatic nitrogens is 4. The van der Waals surface area contributed by atoms with Gasteiger partial charge < -0.3 is 9.84 Å². The second-order valence-corrected chi connectivity index (χ2v) is 6.02. The molecule has 0 spiro atoms. The van der Waals surface area contributed by atoms with E-state index in [1.807, 2.05) is 35.1 Å². The number of rotatable bonds is 4. The number of piperazine rings is 1. The zero-order chi connectivity index (χ0) is 16.4. The molecule has 3 aromatic rings. The van der Waals surface area contributed by atoms with Crippen molar-refractivity contribution in [3.05, 3.63) is 54.1 Å². The first-order valence-corrected chi connectivity index (χ1v) is 8.11. The third-order valence-corrected chi connectivity index (χ3v) is 4.39. The highest BCUT2D eigenvalue weighted by atomic mass is 16.5. The van der Waals surface area contributed by atoms with E-state index in [-0.39, 0.29) is 6.04 Å². The van der Waals surface area contributed by atoms with E-state index in [2.05, 4.69) is 38.6 Å². The maximum absolute atomic E-state index is 5.57. The molecule has 1 unspecified atom stereocenters. The van der Waals surface area contributed by atoms with Crippen molar-refractivity contribution in [1.29, 1.82) is 0 Å². The summed E-state index contributed by atoms with van der Waals surface area (Å²) in [7, 11) is 2.09. The summed E-state index contributed by atoms with van der Waals surface area (Å²) < 4.78 is 7.45. The van der Waals surface area contributed by atoms with E-state index < -0.39 is 0 Å². The van der Waals surface area contributed by atoms with Crippen molar-refractivity contribution in [3.63, 3.8) is 0 Å². The lowest BCUT2D eigenvalue weighted by Crippen LogP contribution is -2.44. The highest BCUT2D eigenvalue weighted by Crippen LogP contribution is 2.25. The van der Waals surface area contributed by atoms with Gasteiger partial charge in [-0.25, -0.2) is 0 Å². The van der Waals surface area contributed by atoms with Gasteiger partial charge in [0.15, 0.2) is 5.82 Å². The summed E-state index contributed by atoms with van der Waals surface area (Å²) in [6.45, 7) is 3.48. The van der Waals surface area contributed by atoms with Crippen molar-refractivity contribution in [2.45, 2.75) is 12.6 Å². The Labute approximate surface area is 140 Å². The highest BCUT2D eigenvalue weighted by Gasteiger charge is 2.25. The van der Waals surface area contributed by atoms with E-state index >= 15 is 0 Å². The monoisotopic (exact) mass is 324 g/mol. The molecule has 1 saturated heterocycles. The Balaban J connectivity index is 1.62. The van der Waals surface area contributed by atoms with Crippen molar-refractivity contribution >= 4 is 0 Å². The predicted molar refractivity (Wildman–Crippen MR) is 89.3 cm³/mol. The number of nitrogens with one attached hydrogen (secondary N) is 1. The summed E-state index contributed by atoms with van der Waals surface area (Å²) >= 11 is 0. The molecule has 1 aromatic carbocycles. The van der Waals surface area contributed by atoms with E-state index in [1.54, 1.807) is 6.20 Å².